The second kappa shape index (κ2) is 6.28. The van der Waals surface area contributed by atoms with Crippen LogP contribution in [-0.4, -0.2) is 59.0 Å². The number of carboxylic acids is 1. The first kappa shape index (κ1) is 15.5. The highest BCUT2D eigenvalue weighted by Gasteiger charge is 2.33. The van der Waals surface area contributed by atoms with Crippen molar-refractivity contribution in [2.45, 2.75) is 19.1 Å². The van der Waals surface area contributed by atoms with Crippen molar-refractivity contribution in [1.82, 2.24) is 10.2 Å². The third kappa shape index (κ3) is 6.61. The van der Waals surface area contributed by atoms with E-state index >= 15 is 0 Å². The van der Waals surface area contributed by atoms with Crippen molar-refractivity contribution >= 4 is 12.0 Å². The molecule has 2 amide bonds. The molecule has 9 heteroatoms. The van der Waals surface area contributed by atoms with Crippen LogP contribution in [0.15, 0.2) is 0 Å². The Morgan fingerprint density at radius 1 is 1.41 bits per heavy atom. The molecule has 17 heavy (non-hydrogen) atoms. The summed E-state index contributed by atoms with van der Waals surface area (Å²) in [6.07, 6.45) is -4.61. The number of aliphatic hydroxyl groups excluding tert-OH is 1. The lowest BCUT2D eigenvalue weighted by molar-refractivity contribution is -0.141. The number of nitrogens with one attached hydrogen (secondary N) is 1. The first-order valence-electron chi connectivity index (χ1n) is 4.63. The molecule has 0 heterocycles. The largest absolute Gasteiger partial charge is 0.480 e. The quantitative estimate of drug-likeness (QED) is 0.648. The van der Waals surface area contributed by atoms with Gasteiger partial charge < -0.3 is 20.4 Å². The lowest BCUT2D eigenvalue weighted by Gasteiger charge is -2.24. The normalized spacial score (nSPS) is 13.0. The van der Waals surface area contributed by atoms with Gasteiger partial charge in [-0.15, -0.1) is 0 Å². The lowest BCUT2D eigenvalue weighted by atomic mass is 10.3. The maximum atomic E-state index is 12.1. The fraction of sp³-hybridized carbons (Fsp3) is 0.750. The number of nitrogens with zero attached hydrogens (tertiary/aromatic N) is 1. The van der Waals surface area contributed by atoms with Gasteiger partial charge >= 0.3 is 18.2 Å². The molecule has 0 aliphatic carbocycles. The lowest BCUT2D eigenvalue weighted by Crippen LogP contribution is -2.50. The summed E-state index contributed by atoms with van der Waals surface area (Å²) in [6, 6.07) is -2.50. The van der Waals surface area contributed by atoms with E-state index in [4.69, 9.17) is 10.2 Å². The van der Waals surface area contributed by atoms with Gasteiger partial charge in [-0.1, -0.05) is 0 Å². The highest BCUT2D eigenvalue weighted by Crippen LogP contribution is 2.16. The van der Waals surface area contributed by atoms with E-state index in [1.165, 1.54) is 0 Å². The smallest absolute Gasteiger partial charge is 0.406 e. The Labute approximate surface area is 95.0 Å². The topological polar surface area (TPSA) is 89.9 Å². The summed E-state index contributed by atoms with van der Waals surface area (Å²) >= 11 is 0. The molecule has 0 aromatic heterocycles. The molecule has 0 bridgehead atoms. The van der Waals surface area contributed by atoms with Crippen molar-refractivity contribution < 1.29 is 33.0 Å². The minimum Gasteiger partial charge on any atom is -0.480 e. The zero-order valence-electron chi connectivity index (χ0n) is 8.99. The van der Waals surface area contributed by atoms with Crippen LogP contribution >= 0.6 is 0 Å². The number of hydrogen-bond donors (Lipinski definition) is 3. The van der Waals surface area contributed by atoms with Crippen LogP contribution in [0.5, 0.6) is 0 Å². The van der Waals surface area contributed by atoms with Crippen molar-refractivity contribution in [3.63, 3.8) is 0 Å². The van der Waals surface area contributed by atoms with Gasteiger partial charge in [0.15, 0.2) is 0 Å². The molecule has 100 valence electrons. The second-order valence-electron chi connectivity index (χ2n) is 3.27. The van der Waals surface area contributed by atoms with E-state index in [1.807, 2.05) is 5.32 Å². The highest BCUT2D eigenvalue weighted by atomic mass is 19.4. The summed E-state index contributed by atoms with van der Waals surface area (Å²) in [6.45, 7) is -1.61. The standard InChI is InChI=1S/C8H13F3N2O4/c1-5(6(15)16)12-7(17)13(2-3-14)4-8(9,10)11/h5,14H,2-4H2,1H3,(H,12,17)(H,15,16)/t5-/m0/s1. The van der Waals surface area contributed by atoms with E-state index in [0.29, 0.717) is 4.90 Å². The van der Waals surface area contributed by atoms with E-state index in [9.17, 15) is 22.8 Å². The average molecular weight is 258 g/mol. The van der Waals surface area contributed by atoms with E-state index in [-0.39, 0.29) is 0 Å². The fourth-order valence-electron chi connectivity index (χ4n) is 0.928. The van der Waals surface area contributed by atoms with Crippen LogP contribution in [0.3, 0.4) is 0 Å². The summed E-state index contributed by atoms with van der Waals surface area (Å²) in [5, 5.41) is 18.9. The number of carboxylic acid groups (broad SMARTS) is 1. The Balaban J connectivity index is 4.49. The highest BCUT2D eigenvalue weighted by molar-refractivity contribution is 5.82. The van der Waals surface area contributed by atoms with Crippen LogP contribution in [0.4, 0.5) is 18.0 Å². The van der Waals surface area contributed by atoms with Crippen LogP contribution in [0.1, 0.15) is 6.92 Å². The molecule has 0 aromatic carbocycles. The molecule has 0 rings (SSSR count). The minimum absolute atomic E-state index is 0.291. The fourth-order valence-corrected chi connectivity index (χ4v) is 0.928. The molecule has 0 saturated carbocycles. The van der Waals surface area contributed by atoms with Gasteiger partial charge in [0.25, 0.3) is 0 Å². The van der Waals surface area contributed by atoms with Gasteiger partial charge in [0.2, 0.25) is 0 Å². The van der Waals surface area contributed by atoms with Gasteiger partial charge in [0.1, 0.15) is 12.6 Å². The predicted molar refractivity (Wildman–Crippen MR) is 50.3 cm³/mol. The zero-order chi connectivity index (χ0) is 13.6. The average Bonchev–Trinajstić information content (AvgIpc) is 2.14. The molecule has 0 aromatic rings. The molecule has 3 N–H and O–H groups in total. The molecule has 1 atom stereocenters. The second-order valence-corrected chi connectivity index (χ2v) is 3.27. The number of aliphatic hydroxyl groups is 1. The Kier molecular flexibility index (Phi) is 5.72. The summed E-state index contributed by atoms with van der Waals surface area (Å²) in [5.74, 6) is -1.37. The first-order chi connectivity index (χ1) is 7.67. The molecule has 0 aliphatic rings. The predicted octanol–water partition coefficient (Wildman–Crippen LogP) is 0.0257. The van der Waals surface area contributed by atoms with Crippen molar-refractivity contribution in [2.75, 3.05) is 19.7 Å². The maximum Gasteiger partial charge on any atom is 0.406 e. The van der Waals surface area contributed by atoms with E-state index in [1.54, 1.807) is 0 Å². The number of halogens is 3. The van der Waals surface area contributed by atoms with Crippen molar-refractivity contribution in [3.8, 4) is 0 Å². The summed E-state index contributed by atoms with van der Waals surface area (Å²) < 4.78 is 36.2. The monoisotopic (exact) mass is 258 g/mol. The summed E-state index contributed by atoms with van der Waals surface area (Å²) in [4.78, 5) is 22.0. The number of amides is 2. The third-order valence-electron chi connectivity index (χ3n) is 1.74. The molecule has 6 nitrogen and oxygen atoms in total. The van der Waals surface area contributed by atoms with E-state index in [2.05, 4.69) is 0 Å². The summed E-state index contributed by atoms with van der Waals surface area (Å²) in [7, 11) is 0. The minimum atomic E-state index is -4.61. The van der Waals surface area contributed by atoms with E-state index in [0.717, 1.165) is 6.92 Å². The molecule has 0 aliphatic heterocycles. The third-order valence-corrected chi connectivity index (χ3v) is 1.74. The van der Waals surface area contributed by atoms with Gasteiger partial charge in [0, 0.05) is 6.54 Å². The first-order valence-corrected chi connectivity index (χ1v) is 4.63. The molecular formula is C8H13F3N2O4. The molecule has 0 radical (unpaired) electrons. The number of aliphatic carboxylic acids is 1. The molecule has 0 unspecified atom stereocenters. The van der Waals surface area contributed by atoms with Gasteiger partial charge in [-0.25, -0.2) is 4.79 Å². The van der Waals surface area contributed by atoms with Crippen LogP contribution in [0.25, 0.3) is 0 Å². The van der Waals surface area contributed by atoms with Gasteiger partial charge in [-0.2, -0.15) is 13.2 Å². The van der Waals surface area contributed by atoms with Crippen LogP contribution < -0.4 is 5.32 Å². The maximum absolute atomic E-state index is 12.1. The Bertz CT molecular complexity index is 282. The van der Waals surface area contributed by atoms with Crippen LogP contribution in [0, 0.1) is 0 Å². The Morgan fingerprint density at radius 3 is 2.29 bits per heavy atom. The van der Waals surface area contributed by atoms with Crippen molar-refractivity contribution in [3.05, 3.63) is 0 Å². The zero-order valence-corrected chi connectivity index (χ0v) is 8.99. The van der Waals surface area contributed by atoms with Crippen LogP contribution in [0.2, 0.25) is 0 Å². The number of hydrogen-bond acceptors (Lipinski definition) is 3. The number of urea groups is 1. The molecular weight excluding hydrogens is 245 g/mol. The molecule has 0 fully saturated rings. The van der Waals surface area contributed by atoms with E-state index < -0.39 is 43.9 Å². The molecule has 0 saturated heterocycles. The SMILES string of the molecule is C[C@H](NC(=O)N(CCO)CC(F)(F)F)C(=O)O. The molecule has 0 spiro atoms. The van der Waals surface area contributed by atoms with Gasteiger partial charge in [-0.3, -0.25) is 4.79 Å². The number of rotatable bonds is 5. The van der Waals surface area contributed by atoms with Crippen molar-refractivity contribution in [1.29, 1.82) is 0 Å². The van der Waals surface area contributed by atoms with Crippen LogP contribution in [-0.2, 0) is 4.79 Å². The van der Waals surface area contributed by atoms with Crippen molar-refractivity contribution in [2.24, 2.45) is 0 Å². The Morgan fingerprint density at radius 2 is 1.94 bits per heavy atom. The summed E-state index contributed by atoms with van der Waals surface area (Å²) in [5.41, 5.74) is 0. The van der Waals surface area contributed by atoms with Gasteiger partial charge in [-0.05, 0) is 6.92 Å². The van der Waals surface area contributed by atoms with Gasteiger partial charge in [0.05, 0.1) is 6.61 Å². The number of carbonyl (C=O) groups is 2. The number of carbonyl (C=O) groups excluding carboxylic acids is 1. The number of alkyl halides is 3. The Hall–Kier alpha value is -1.51.